The summed E-state index contributed by atoms with van der Waals surface area (Å²) in [6, 6.07) is 0. The maximum absolute atomic E-state index is 6.84. The van der Waals surface area contributed by atoms with Gasteiger partial charge in [0, 0.05) is 0 Å². The third-order valence-electron chi connectivity index (χ3n) is 6.90. The molecule has 0 saturated heterocycles. The minimum atomic E-state index is -0.686. The second-order valence-electron chi connectivity index (χ2n) is 11.4. The Hall–Kier alpha value is -0.312. The Morgan fingerprint density at radius 2 is 0.639 bits per heavy atom. The standard InChI is InChI=1S/C30H58O2Si4/c1-11-13-15-17-19-21-23-31-25-27(33(3)4)29(35(7)8)26(30(36(9)10)28(25)34(5)6)32-24-22-20-18-16-14-12-2/h11-24H2,1-10H3. The number of benzene rings is 1. The molecule has 2 nitrogen and oxygen atoms in total. The minimum Gasteiger partial charge on any atom is -0.494 e. The Morgan fingerprint density at radius 3 is 0.889 bits per heavy atom. The fraction of sp³-hybridized carbons (Fsp3) is 0.800. The summed E-state index contributed by atoms with van der Waals surface area (Å²) in [5.41, 5.74) is 0. The van der Waals surface area contributed by atoms with Gasteiger partial charge in [0.25, 0.3) is 0 Å². The predicted octanol–water partition coefficient (Wildman–Crippen LogP) is 7.01. The Morgan fingerprint density at radius 1 is 0.389 bits per heavy atom. The summed E-state index contributed by atoms with van der Waals surface area (Å²) in [7, 11) is -2.74. The van der Waals surface area contributed by atoms with Crippen LogP contribution in [0.4, 0.5) is 0 Å². The second kappa shape index (κ2) is 18.9. The lowest BCUT2D eigenvalue weighted by atomic mass is 10.1. The molecular formula is C30H58O2Si4. The van der Waals surface area contributed by atoms with Crippen molar-refractivity contribution >= 4 is 55.9 Å². The van der Waals surface area contributed by atoms with Gasteiger partial charge in [0.2, 0.25) is 0 Å². The summed E-state index contributed by atoms with van der Waals surface area (Å²) < 4.78 is 13.7. The van der Waals surface area contributed by atoms with Gasteiger partial charge in [-0.2, -0.15) is 0 Å². The maximum atomic E-state index is 6.84. The summed E-state index contributed by atoms with van der Waals surface area (Å²) in [6.45, 7) is 26.1. The van der Waals surface area contributed by atoms with Crippen LogP contribution in [0.2, 0.25) is 52.4 Å². The van der Waals surface area contributed by atoms with Gasteiger partial charge in [0.1, 0.15) is 11.5 Å². The molecule has 0 heterocycles. The van der Waals surface area contributed by atoms with Gasteiger partial charge in [-0.05, 0) is 33.6 Å². The van der Waals surface area contributed by atoms with E-state index in [2.05, 4.69) is 66.2 Å². The molecule has 0 aliphatic heterocycles. The summed E-state index contributed by atoms with van der Waals surface area (Å²) in [5, 5.41) is 6.32. The van der Waals surface area contributed by atoms with Crippen LogP contribution in [-0.4, -0.2) is 48.4 Å². The first-order valence-corrected chi connectivity index (χ1v) is 24.9. The van der Waals surface area contributed by atoms with E-state index in [4.69, 9.17) is 9.47 Å². The monoisotopic (exact) mass is 562 g/mol. The highest BCUT2D eigenvalue weighted by molar-refractivity contribution is 6.89. The fourth-order valence-corrected chi connectivity index (χ4v) is 13.3. The first-order chi connectivity index (χ1) is 17.2. The van der Waals surface area contributed by atoms with Crippen molar-refractivity contribution in [3.05, 3.63) is 0 Å². The van der Waals surface area contributed by atoms with E-state index in [0.29, 0.717) is 0 Å². The number of hydrogen-bond donors (Lipinski definition) is 0. The summed E-state index contributed by atoms with van der Waals surface area (Å²) >= 11 is 0. The van der Waals surface area contributed by atoms with Crippen LogP contribution < -0.4 is 30.2 Å². The maximum Gasteiger partial charge on any atom is 0.117 e. The largest absolute Gasteiger partial charge is 0.494 e. The lowest BCUT2D eigenvalue weighted by Crippen LogP contribution is -2.57. The molecule has 0 aliphatic rings. The van der Waals surface area contributed by atoms with Gasteiger partial charge in [-0.25, -0.2) is 0 Å². The molecule has 0 fully saturated rings. The van der Waals surface area contributed by atoms with E-state index >= 15 is 0 Å². The molecule has 0 saturated carbocycles. The minimum absolute atomic E-state index is 0.686. The lowest BCUT2D eigenvalue weighted by Gasteiger charge is -2.31. The lowest BCUT2D eigenvalue weighted by molar-refractivity contribution is 0.303. The van der Waals surface area contributed by atoms with E-state index in [-0.39, 0.29) is 0 Å². The van der Waals surface area contributed by atoms with Crippen LogP contribution in [0, 0.1) is 0 Å². The van der Waals surface area contributed by atoms with Crippen molar-refractivity contribution in [3.8, 4) is 11.5 Å². The van der Waals surface area contributed by atoms with Crippen LogP contribution in [0.15, 0.2) is 0 Å². The van der Waals surface area contributed by atoms with E-state index in [1.165, 1.54) is 88.5 Å². The van der Waals surface area contributed by atoms with Crippen molar-refractivity contribution in [2.24, 2.45) is 0 Å². The van der Waals surface area contributed by atoms with Gasteiger partial charge in [0.15, 0.2) is 0 Å². The molecule has 1 rings (SSSR count). The Balaban J connectivity index is 3.34. The van der Waals surface area contributed by atoms with E-state index in [0.717, 1.165) is 13.2 Å². The molecule has 0 spiro atoms. The average Bonchev–Trinajstić information content (AvgIpc) is 2.81. The van der Waals surface area contributed by atoms with Crippen molar-refractivity contribution in [2.45, 2.75) is 143 Å². The zero-order valence-electron chi connectivity index (χ0n) is 25.7. The van der Waals surface area contributed by atoms with Gasteiger partial charge < -0.3 is 9.47 Å². The van der Waals surface area contributed by atoms with Crippen LogP contribution in [0.1, 0.15) is 90.9 Å². The molecule has 0 unspecified atom stereocenters. The fourth-order valence-electron chi connectivity index (χ4n) is 5.01. The van der Waals surface area contributed by atoms with Gasteiger partial charge in [-0.15, -0.1) is 0 Å². The number of unbranched alkanes of at least 4 members (excludes halogenated alkanes) is 10. The highest BCUT2D eigenvalue weighted by Gasteiger charge is 2.32. The smallest absolute Gasteiger partial charge is 0.117 e. The highest BCUT2D eigenvalue weighted by Crippen LogP contribution is 2.18. The molecule has 1 aromatic carbocycles. The quantitative estimate of drug-likeness (QED) is 0.126. The number of rotatable bonds is 20. The van der Waals surface area contributed by atoms with Gasteiger partial charge >= 0.3 is 0 Å². The molecule has 0 aliphatic carbocycles. The third kappa shape index (κ3) is 10.8. The van der Waals surface area contributed by atoms with Crippen molar-refractivity contribution in [1.29, 1.82) is 0 Å². The zero-order valence-corrected chi connectivity index (χ0v) is 29.7. The highest BCUT2D eigenvalue weighted by atomic mass is 28.3. The molecular weight excluding hydrogens is 505 g/mol. The van der Waals surface area contributed by atoms with Crippen molar-refractivity contribution in [3.63, 3.8) is 0 Å². The normalized spacial score (nSPS) is 11.9. The predicted molar refractivity (Wildman–Crippen MR) is 173 cm³/mol. The number of hydrogen-bond acceptors (Lipinski definition) is 2. The molecule has 0 bridgehead atoms. The summed E-state index contributed by atoms with van der Waals surface area (Å²) in [4.78, 5) is 0. The Bertz CT molecular complexity index is 630. The number of ether oxygens (including phenoxy) is 2. The Labute approximate surface area is 232 Å². The van der Waals surface area contributed by atoms with Crippen LogP contribution in [-0.2, 0) is 0 Å². The molecule has 6 heteroatoms. The SMILES string of the molecule is CCCCCCCCOc1c([Si](C)C)c([Si](C)C)c(OCCCCCCCC)c([Si](C)C)c1[Si](C)C. The second-order valence-corrected chi connectivity index (χ2v) is 21.4. The third-order valence-corrected chi connectivity index (χ3v) is 13.3. The Kier molecular flexibility index (Phi) is 17.7. The summed E-state index contributed by atoms with van der Waals surface area (Å²) in [6.07, 6.45) is 15.7. The van der Waals surface area contributed by atoms with Crippen molar-refractivity contribution < 1.29 is 9.47 Å². The zero-order chi connectivity index (χ0) is 27.1. The topological polar surface area (TPSA) is 18.5 Å². The molecule has 206 valence electrons. The molecule has 4 radical (unpaired) electrons. The van der Waals surface area contributed by atoms with E-state index < -0.39 is 35.2 Å². The van der Waals surface area contributed by atoms with E-state index in [9.17, 15) is 0 Å². The van der Waals surface area contributed by atoms with Crippen LogP contribution >= 0.6 is 0 Å². The molecule has 0 atom stereocenters. The van der Waals surface area contributed by atoms with E-state index in [1.54, 1.807) is 20.7 Å². The van der Waals surface area contributed by atoms with Crippen molar-refractivity contribution in [1.82, 2.24) is 0 Å². The molecule has 0 N–H and O–H groups in total. The van der Waals surface area contributed by atoms with Gasteiger partial charge in [-0.3, -0.25) is 0 Å². The molecule has 0 amide bonds. The van der Waals surface area contributed by atoms with E-state index in [1.807, 2.05) is 0 Å². The summed E-state index contributed by atoms with van der Waals surface area (Å²) in [5.74, 6) is 2.63. The van der Waals surface area contributed by atoms with Gasteiger partial charge in [-0.1, -0.05) is 130 Å². The van der Waals surface area contributed by atoms with Gasteiger partial charge in [0.05, 0.1) is 48.4 Å². The van der Waals surface area contributed by atoms with Crippen LogP contribution in [0.5, 0.6) is 11.5 Å². The average molecular weight is 563 g/mol. The molecule has 0 aromatic heterocycles. The molecule has 36 heavy (non-hydrogen) atoms. The first kappa shape index (κ1) is 33.7. The molecule has 1 aromatic rings. The first-order valence-electron chi connectivity index (χ1n) is 14.9. The van der Waals surface area contributed by atoms with Crippen molar-refractivity contribution in [2.75, 3.05) is 13.2 Å². The van der Waals surface area contributed by atoms with Crippen LogP contribution in [0.25, 0.3) is 0 Å². The van der Waals surface area contributed by atoms with Crippen LogP contribution in [0.3, 0.4) is 0 Å².